The van der Waals surface area contributed by atoms with Crippen LogP contribution in [0.5, 0.6) is 0 Å². The Morgan fingerprint density at radius 2 is 1.91 bits per heavy atom. The smallest absolute Gasteiger partial charge is 0.408 e. The van der Waals surface area contributed by atoms with Crippen LogP contribution in [0, 0.1) is 0 Å². The summed E-state index contributed by atoms with van der Waals surface area (Å²) in [7, 11) is 0. The maximum absolute atomic E-state index is 12.5. The average Bonchev–Trinajstić information content (AvgIpc) is 2.83. The number of aryl methyl sites for hydroxylation is 1. The van der Waals surface area contributed by atoms with Gasteiger partial charge in [-0.1, -0.05) is 32.1 Å². The highest BCUT2D eigenvalue weighted by Crippen LogP contribution is 2.19. The van der Waals surface area contributed by atoms with E-state index in [1.165, 1.54) is 32.1 Å². The Balaban J connectivity index is 1.78. The lowest BCUT2D eigenvalue weighted by Gasteiger charge is -2.21. The van der Waals surface area contributed by atoms with Gasteiger partial charge in [0.25, 0.3) is 5.91 Å². The number of carbonyl (C=O) groups is 1. The van der Waals surface area contributed by atoms with Crippen LogP contribution in [0.3, 0.4) is 0 Å². The van der Waals surface area contributed by atoms with Crippen molar-refractivity contribution in [1.82, 2.24) is 9.88 Å². The number of carbonyl (C=O) groups excluding carboxylic acids is 1. The van der Waals surface area contributed by atoms with Crippen molar-refractivity contribution in [1.29, 1.82) is 0 Å². The van der Waals surface area contributed by atoms with E-state index in [1.54, 1.807) is 22.8 Å². The molecule has 1 aromatic carbocycles. The molecule has 3 rings (SSSR count). The largest absolute Gasteiger partial charge is 0.419 e. The van der Waals surface area contributed by atoms with Gasteiger partial charge in [-0.25, -0.2) is 4.79 Å². The lowest BCUT2D eigenvalue weighted by molar-refractivity contribution is 0.0930. The summed E-state index contributed by atoms with van der Waals surface area (Å²) in [4.78, 5) is 24.3. The molecule has 0 bridgehead atoms. The van der Waals surface area contributed by atoms with E-state index in [-0.39, 0.29) is 17.7 Å². The number of fused-ring (bicyclic) bond motifs is 1. The van der Waals surface area contributed by atoms with E-state index < -0.39 is 0 Å². The van der Waals surface area contributed by atoms with Crippen molar-refractivity contribution in [2.45, 2.75) is 64.5 Å². The number of hydrogen-bond donors (Lipinski definition) is 1. The third-order valence-corrected chi connectivity index (χ3v) is 4.69. The molecule has 1 aromatic heterocycles. The molecule has 124 valence electrons. The average molecular weight is 316 g/mol. The number of rotatable bonds is 3. The second-order valence-corrected chi connectivity index (χ2v) is 6.31. The van der Waals surface area contributed by atoms with Gasteiger partial charge in [-0.3, -0.25) is 9.36 Å². The highest BCUT2D eigenvalue weighted by molar-refractivity contribution is 5.97. The summed E-state index contributed by atoms with van der Waals surface area (Å²) < 4.78 is 6.72. The monoisotopic (exact) mass is 316 g/mol. The topological polar surface area (TPSA) is 64.2 Å². The maximum atomic E-state index is 12.5. The van der Waals surface area contributed by atoms with Gasteiger partial charge in [0.1, 0.15) is 0 Å². The second kappa shape index (κ2) is 7.02. The summed E-state index contributed by atoms with van der Waals surface area (Å²) in [6, 6.07) is 5.44. The second-order valence-electron chi connectivity index (χ2n) is 6.31. The molecule has 0 atom stereocenters. The first-order valence-corrected chi connectivity index (χ1v) is 8.63. The Morgan fingerprint density at radius 3 is 2.61 bits per heavy atom. The van der Waals surface area contributed by atoms with Crippen molar-refractivity contribution >= 4 is 17.0 Å². The number of hydrogen-bond acceptors (Lipinski definition) is 3. The fourth-order valence-electron chi connectivity index (χ4n) is 3.37. The molecule has 0 radical (unpaired) electrons. The molecule has 0 spiro atoms. The summed E-state index contributed by atoms with van der Waals surface area (Å²) in [6.45, 7) is 2.41. The summed E-state index contributed by atoms with van der Waals surface area (Å²) >= 11 is 0. The van der Waals surface area contributed by atoms with Crippen LogP contribution in [-0.4, -0.2) is 16.5 Å². The minimum Gasteiger partial charge on any atom is -0.408 e. The minimum atomic E-state index is -0.375. The first-order chi connectivity index (χ1) is 11.2. The number of nitrogens with one attached hydrogen (secondary N) is 1. The molecule has 1 heterocycles. The van der Waals surface area contributed by atoms with Crippen LogP contribution in [-0.2, 0) is 6.54 Å². The van der Waals surface area contributed by atoms with Gasteiger partial charge in [0, 0.05) is 18.2 Å². The molecule has 1 aliphatic rings. The zero-order chi connectivity index (χ0) is 16.2. The highest BCUT2D eigenvalue weighted by Gasteiger charge is 2.17. The molecular weight excluding hydrogens is 292 g/mol. The molecule has 2 aromatic rings. The maximum Gasteiger partial charge on any atom is 0.419 e. The van der Waals surface area contributed by atoms with Crippen LogP contribution >= 0.6 is 0 Å². The van der Waals surface area contributed by atoms with Crippen molar-refractivity contribution in [3.8, 4) is 0 Å². The molecule has 23 heavy (non-hydrogen) atoms. The van der Waals surface area contributed by atoms with Crippen molar-refractivity contribution in [3.63, 3.8) is 0 Å². The molecule has 1 N–H and O–H groups in total. The normalized spacial score (nSPS) is 16.9. The third-order valence-electron chi connectivity index (χ3n) is 4.69. The molecule has 1 amide bonds. The lowest BCUT2D eigenvalue weighted by atomic mass is 9.96. The Kier molecular flexibility index (Phi) is 4.84. The van der Waals surface area contributed by atoms with E-state index in [1.807, 2.05) is 6.92 Å². The van der Waals surface area contributed by atoms with E-state index in [4.69, 9.17) is 4.42 Å². The zero-order valence-corrected chi connectivity index (χ0v) is 13.6. The predicted octanol–water partition coefficient (Wildman–Crippen LogP) is 3.46. The van der Waals surface area contributed by atoms with Crippen molar-refractivity contribution in [2.75, 3.05) is 0 Å². The van der Waals surface area contributed by atoms with Gasteiger partial charge in [0.15, 0.2) is 5.58 Å². The number of aromatic nitrogens is 1. The zero-order valence-electron chi connectivity index (χ0n) is 13.6. The predicted molar refractivity (Wildman–Crippen MR) is 89.7 cm³/mol. The van der Waals surface area contributed by atoms with Crippen LogP contribution in [0.2, 0.25) is 0 Å². The molecule has 5 nitrogen and oxygen atoms in total. The Morgan fingerprint density at radius 1 is 1.22 bits per heavy atom. The van der Waals surface area contributed by atoms with Gasteiger partial charge in [-0.05, 0) is 38.0 Å². The summed E-state index contributed by atoms with van der Waals surface area (Å²) in [5.74, 6) is -0.436. The molecule has 1 saturated carbocycles. The lowest BCUT2D eigenvalue weighted by Crippen LogP contribution is -2.35. The summed E-state index contributed by atoms with van der Waals surface area (Å²) in [5.41, 5.74) is 1.80. The van der Waals surface area contributed by atoms with Crippen molar-refractivity contribution in [2.24, 2.45) is 0 Å². The molecule has 0 unspecified atom stereocenters. The van der Waals surface area contributed by atoms with E-state index in [0.29, 0.717) is 23.2 Å². The van der Waals surface area contributed by atoms with Crippen LogP contribution in [0.25, 0.3) is 11.1 Å². The highest BCUT2D eigenvalue weighted by atomic mass is 16.4. The van der Waals surface area contributed by atoms with Crippen LogP contribution < -0.4 is 11.1 Å². The standard InChI is InChI=1S/C18H24N2O3/c1-2-20-15-12-13(10-11-16(15)23-18(20)22)17(21)19-14-8-6-4-3-5-7-9-14/h10-12,14H,2-9H2,1H3,(H,19,21). The molecule has 5 heteroatoms. The minimum absolute atomic E-state index is 0.0613. The molecule has 1 aliphatic carbocycles. The van der Waals surface area contributed by atoms with Gasteiger partial charge in [0.2, 0.25) is 0 Å². The fourth-order valence-corrected chi connectivity index (χ4v) is 3.37. The van der Waals surface area contributed by atoms with E-state index >= 15 is 0 Å². The van der Waals surface area contributed by atoms with Crippen molar-refractivity contribution in [3.05, 3.63) is 34.3 Å². The SMILES string of the molecule is CCn1c(=O)oc2ccc(C(=O)NC3CCCCCCC3)cc21. The van der Waals surface area contributed by atoms with Crippen LogP contribution in [0.1, 0.15) is 62.2 Å². The van der Waals surface area contributed by atoms with Crippen molar-refractivity contribution < 1.29 is 9.21 Å². The third kappa shape index (κ3) is 3.49. The molecule has 0 aliphatic heterocycles. The summed E-state index contributed by atoms with van der Waals surface area (Å²) in [5, 5.41) is 3.15. The Labute approximate surface area is 135 Å². The van der Waals surface area contributed by atoms with Gasteiger partial charge in [-0.15, -0.1) is 0 Å². The van der Waals surface area contributed by atoms with E-state index in [0.717, 1.165) is 12.8 Å². The van der Waals surface area contributed by atoms with Gasteiger partial charge in [-0.2, -0.15) is 0 Å². The molecule has 1 fully saturated rings. The number of oxazole rings is 1. The number of amides is 1. The number of nitrogens with zero attached hydrogens (tertiary/aromatic N) is 1. The molecule has 0 saturated heterocycles. The van der Waals surface area contributed by atoms with Gasteiger partial charge in [0.05, 0.1) is 5.52 Å². The van der Waals surface area contributed by atoms with E-state index in [9.17, 15) is 9.59 Å². The Bertz CT molecular complexity index is 736. The quantitative estimate of drug-likeness (QED) is 0.943. The van der Waals surface area contributed by atoms with Crippen LogP contribution in [0.15, 0.2) is 27.4 Å². The summed E-state index contributed by atoms with van der Waals surface area (Å²) in [6.07, 6.45) is 8.31. The number of benzene rings is 1. The van der Waals surface area contributed by atoms with Crippen LogP contribution in [0.4, 0.5) is 0 Å². The Hall–Kier alpha value is -2.04. The van der Waals surface area contributed by atoms with Gasteiger partial charge >= 0.3 is 5.76 Å². The van der Waals surface area contributed by atoms with Gasteiger partial charge < -0.3 is 9.73 Å². The molecular formula is C18H24N2O3. The van der Waals surface area contributed by atoms with E-state index in [2.05, 4.69) is 5.32 Å². The fraction of sp³-hybridized carbons (Fsp3) is 0.556. The first-order valence-electron chi connectivity index (χ1n) is 8.63. The first kappa shape index (κ1) is 15.8.